The summed E-state index contributed by atoms with van der Waals surface area (Å²) in [5.74, 6) is 0. The van der Waals surface area contributed by atoms with Crippen LogP contribution in [-0.4, -0.2) is 6.30 Å². The average molecular weight is 113 g/mol. The van der Waals surface area contributed by atoms with E-state index in [2.05, 4.69) is 5.32 Å². The first kappa shape index (κ1) is 5.35. The summed E-state index contributed by atoms with van der Waals surface area (Å²) in [5, 5.41) is 2.49. The monoisotopic (exact) mass is 113 g/mol. The second-order valence-electron chi connectivity index (χ2n) is 1.81. The highest BCUT2D eigenvalue weighted by Crippen LogP contribution is 2.02. The van der Waals surface area contributed by atoms with Gasteiger partial charge in [0.05, 0.1) is 0 Å². The van der Waals surface area contributed by atoms with Crippen molar-refractivity contribution in [2.24, 2.45) is 0 Å². The second-order valence-corrected chi connectivity index (χ2v) is 1.81. The van der Waals surface area contributed by atoms with E-state index in [0.717, 1.165) is 5.57 Å². The Morgan fingerprint density at radius 1 is 1.75 bits per heavy atom. The first-order valence-corrected chi connectivity index (χ1v) is 2.54. The molecule has 0 fully saturated rings. The maximum absolute atomic E-state index is 12.2. The van der Waals surface area contributed by atoms with Gasteiger partial charge in [0.15, 0.2) is 6.30 Å². The molecule has 0 unspecified atom stereocenters. The molecule has 0 saturated carbocycles. The summed E-state index contributed by atoms with van der Waals surface area (Å²) in [4.78, 5) is 0. The van der Waals surface area contributed by atoms with Crippen molar-refractivity contribution in [1.82, 2.24) is 5.32 Å². The van der Waals surface area contributed by atoms with Crippen LogP contribution in [0.1, 0.15) is 6.92 Å². The van der Waals surface area contributed by atoms with Crippen molar-refractivity contribution in [1.29, 1.82) is 0 Å². The third-order valence-corrected chi connectivity index (χ3v) is 1.01. The standard InChI is InChI=1S/C6H8FN/c1-5-2-3-8-6(7)4-5/h2-4,6,8H,1H3/t6-/m0/s1. The molecule has 0 amide bonds. The molecule has 2 heteroatoms. The van der Waals surface area contributed by atoms with Gasteiger partial charge in [-0.05, 0) is 30.8 Å². The molecular weight excluding hydrogens is 105 g/mol. The van der Waals surface area contributed by atoms with Gasteiger partial charge in [0.25, 0.3) is 0 Å². The lowest BCUT2D eigenvalue weighted by atomic mass is 10.2. The van der Waals surface area contributed by atoms with E-state index in [1.54, 1.807) is 6.20 Å². The van der Waals surface area contributed by atoms with Crippen LogP contribution in [0.15, 0.2) is 23.9 Å². The van der Waals surface area contributed by atoms with Crippen molar-refractivity contribution in [3.05, 3.63) is 23.9 Å². The Hall–Kier alpha value is -0.790. The van der Waals surface area contributed by atoms with Gasteiger partial charge >= 0.3 is 0 Å². The maximum atomic E-state index is 12.2. The molecule has 0 aromatic heterocycles. The highest BCUT2D eigenvalue weighted by Gasteiger charge is 2.00. The van der Waals surface area contributed by atoms with Gasteiger partial charge in [-0.2, -0.15) is 0 Å². The van der Waals surface area contributed by atoms with Crippen molar-refractivity contribution in [3.63, 3.8) is 0 Å². The molecule has 0 spiro atoms. The fourth-order valence-electron chi connectivity index (χ4n) is 0.606. The van der Waals surface area contributed by atoms with E-state index in [1.165, 1.54) is 6.08 Å². The smallest absolute Gasteiger partial charge is 0.189 e. The van der Waals surface area contributed by atoms with E-state index in [4.69, 9.17) is 0 Å². The lowest BCUT2D eigenvalue weighted by Gasteiger charge is -2.07. The van der Waals surface area contributed by atoms with Crippen LogP contribution in [0.3, 0.4) is 0 Å². The zero-order valence-corrected chi connectivity index (χ0v) is 4.69. The van der Waals surface area contributed by atoms with E-state index < -0.39 is 6.30 Å². The Balaban J connectivity index is 2.63. The molecule has 1 atom stereocenters. The Kier molecular flexibility index (Phi) is 1.33. The molecule has 0 aliphatic carbocycles. The molecule has 1 N–H and O–H groups in total. The van der Waals surface area contributed by atoms with Crippen molar-refractivity contribution < 1.29 is 4.39 Å². The summed E-state index contributed by atoms with van der Waals surface area (Å²) in [6, 6.07) is 0. The lowest BCUT2D eigenvalue weighted by Crippen LogP contribution is -2.18. The number of hydrogen-bond donors (Lipinski definition) is 1. The van der Waals surface area contributed by atoms with Crippen LogP contribution < -0.4 is 5.32 Å². The molecule has 1 aliphatic rings. The largest absolute Gasteiger partial charge is 0.359 e. The normalized spacial score (nSPS) is 26.8. The highest BCUT2D eigenvalue weighted by atomic mass is 19.1. The first-order valence-electron chi connectivity index (χ1n) is 2.54. The molecule has 0 bridgehead atoms. The SMILES string of the molecule is CC1=C[C@@H](F)NC=C1. The predicted octanol–water partition coefficient (Wildman–Crippen LogP) is 1.35. The number of nitrogens with one attached hydrogen (secondary N) is 1. The number of allylic oxidation sites excluding steroid dienone is 2. The van der Waals surface area contributed by atoms with Crippen LogP contribution >= 0.6 is 0 Å². The molecule has 44 valence electrons. The van der Waals surface area contributed by atoms with Crippen LogP contribution in [0, 0.1) is 0 Å². The van der Waals surface area contributed by atoms with E-state index in [1.807, 2.05) is 13.0 Å². The molecule has 1 heterocycles. The second kappa shape index (κ2) is 1.99. The zero-order chi connectivity index (χ0) is 5.98. The van der Waals surface area contributed by atoms with Gasteiger partial charge in [0.2, 0.25) is 0 Å². The Morgan fingerprint density at radius 3 is 2.88 bits per heavy atom. The zero-order valence-electron chi connectivity index (χ0n) is 4.69. The number of halogens is 1. The maximum Gasteiger partial charge on any atom is 0.189 e. The van der Waals surface area contributed by atoms with Crippen LogP contribution in [0.4, 0.5) is 4.39 Å². The first-order chi connectivity index (χ1) is 3.79. The molecule has 0 aromatic rings. The third kappa shape index (κ3) is 1.09. The summed E-state index contributed by atoms with van der Waals surface area (Å²) in [5.41, 5.74) is 0.969. The van der Waals surface area contributed by atoms with E-state index >= 15 is 0 Å². The fourth-order valence-corrected chi connectivity index (χ4v) is 0.606. The molecule has 8 heavy (non-hydrogen) atoms. The summed E-state index contributed by atoms with van der Waals surface area (Å²) in [6.45, 7) is 1.86. The van der Waals surface area contributed by atoms with Gasteiger partial charge in [-0.1, -0.05) is 0 Å². The van der Waals surface area contributed by atoms with E-state index in [9.17, 15) is 4.39 Å². The lowest BCUT2D eigenvalue weighted by molar-refractivity contribution is 0.363. The van der Waals surface area contributed by atoms with Crippen LogP contribution in [0.2, 0.25) is 0 Å². The highest BCUT2D eigenvalue weighted by molar-refractivity contribution is 5.20. The Morgan fingerprint density at radius 2 is 2.50 bits per heavy atom. The van der Waals surface area contributed by atoms with E-state index in [-0.39, 0.29) is 0 Å². The number of dihydropyridines is 1. The molecule has 1 nitrogen and oxygen atoms in total. The van der Waals surface area contributed by atoms with Crippen LogP contribution in [-0.2, 0) is 0 Å². The van der Waals surface area contributed by atoms with Crippen molar-refractivity contribution in [2.45, 2.75) is 13.2 Å². The summed E-state index contributed by atoms with van der Waals surface area (Å²) < 4.78 is 12.2. The predicted molar refractivity (Wildman–Crippen MR) is 30.9 cm³/mol. The Bertz CT molecular complexity index is 137. The molecule has 0 saturated heterocycles. The van der Waals surface area contributed by atoms with Crippen molar-refractivity contribution in [3.8, 4) is 0 Å². The summed E-state index contributed by atoms with van der Waals surface area (Å²) >= 11 is 0. The average Bonchev–Trinajstić information content (AvgIpc) is 1.64. The molecule has 1 rings (SSSR count). The summed E-state index contributed by atoms with van der Waals surface area (Å²) in [7, 11) is 0. The van der Waals surface area contributed by atoms with E-state index in [0.29, 0.717) is 0 Å². The van der Waals surface area contributed by atoms with Crippen molar-refractivity contribution >= 4 is 0 Å². The third-order valence-electron chi connectivity index (χ3n) is 1.01. The number of alkyl halides is 1. The minimum absolute atomic E-state index is 0.969. The van der Waals surface area contributed by atoms with Gasteiger partial charge in [-0.15, -0.1) is 0 Å². The molecular formula is C6H8FN. The van der Waals surface area contributed by atoms with Gasteiger partial charge in [0.1, 0.15) is 0 Å². The van der Waals surface area contributed by atoms with Gasteiger partial charge < -0.3 is 5.32 Å². The van der Waals surface area contributed by atoms with Crippen LogP contribution in [0.5, 0.6) is 0 Å². The minimum Gasteiger partial charge on any atom is -0.359 e. The van der Waals surface area contributed by atoms with Gasteiger partial charge in [-0.25, -0.2) is 4.39 Å². The molecule has 0 radical (unpaired) electrons. The van der Waals surface area contributed by atoms with Crippen LogP contribution in [0.25, 0.3) is 0 Å². The number of hydrogen-bond acceptors (Lipinski definition) is 1. The summed E-state index contributed by atoms with van der Waals surface area (Å²) in [6.07, 6.45) is 3.98. The van der Waals surface area contributed by atoms with Gasteiger partial charge in [-0.3, -0.25) is 0 Å². The Labute approximate surface area is 47.9 Å². The van der Waals surface area contributed by atoms with Gasteiger partial charge in [0, 0.05) is 0 Å². The fraction of sp³-hybridized carbons (Fsp3) is 0.333. The topological polar surface area (TPSA) is 12.0 Å². The molecule has 0 aromatic carbocycles. The minimum atomic E-state index is -0.986. The molecule has 1 aliphatic heterocycles. The van der Waals surface area contributed by atoms with Crippen molar-refractivity contribution in [2.75, 3.05) is 0 Å². The quantitative estimate of drug-likeness (QED) is 0.467. The number of rotatable bonds is 0.